The molecule has 49 heavy (non-hydrogen) atoms. The Labute approximate surface area is 303 Å². The highest BCUT2D eigenvalue weighted by molar-refractivity contribution is 8.00. The zero-order chi connectivity index (χ0) is 35.9. The Morgan fingerprint density at radius 1 is 1.00 bits per heavy atom. The maximum atomic E-state index is 13.6. The van der Waals surface area contributed by atoms with Gasteiger partial charge in [0.1, 0.15) is 29.7 Å². The van der Waals surface area contributed by atoms with Crippen LogP contribution >= 0.6 is 46.6 Å². The van der Waals surface area contributed by atoms with Gasteiger partial charge in [0.25, 0.3) is 0 Å². The van der Waals surface area contributed by atoms with Crippen molar-refractivity contribution in [3.63, 3.8) is 0 Å². The number of alkyl halides is 3. The summed E-state index contributed by atoms with van der Waals surface area (Å²) in [6, 6.07) is 14.9. The maximum Gasteiger partial charge on any atom is 0.408 e. The molecule has 2 aromatic carbocycles. The van der Waals surface area contributed by atoms with Crippen LogP contribution in [0.1, 0.15) is 57.3 Å². The van der Waals surface area contributed by atoms with Gasteiger partial charge in [0.05, 0.1) is 6.10 Å². The fourth-order valence-corrected chi connectivity index (χ4v) is 6.78. The molecule has 0 aliphatic carbocycles. The lowest BCUT2D eigenvalue weighted by Crippen LogP contribution is -2.76. The number of hydrogen-bond acceptors (Lipinski definition) is 10. The van der Waals surface area contributed by atoms with Crippen molar-refractivity contribution in [1.82, 2.24) is 15.5 Å². The minimum Gasteiger partial charge on any atom is -0.460 e. The molecule has 0 saturated carbocycles. The van der Waals surface area contributed by atoms with Gasteiger partial charge >= 0.3 is 18.0 Å². The van der Waals surface area contributed by atoms with Crippen molar-refractivity contribution < 1.29 is 43.3 Å². The van der Waals surface area contributed by atoms with E-state index < -0.39 is 81.6 Å². The highest BCUT2D eigenvalue weighted by atomic mass is 35.6. The second kappa shape index (κ2) is 16.7. The number of nitrogens with zero attached hydrogens (tertiary/aromatic N) is 1. The third kappa shape index (κ3) is 10.9. The number of ether oxygens (including phenoxy) is 3. The fourth-order valence-electron chi connectivity index (χ4n) is 5.27. The number of hydrogen-bond donors (Lipinski definition) is 3. The molecule has 2 aliphatic rings. The van der Waals surface area contributed by atoms with Crippen LogP contribution in [0.5, 0.6) is 0 Å². The van der Waals surface area contributed by atoms with E-state index in [-0.39, 0.29) is 25.0 Å². The topological polar surface area (TPSA) is 161 Å². The van der Waals surface area contributed by atoms with Crippen LogP contribution in [0.15, 0.2) is 60.7 Å². The van der Waals surface area contributed by atoms with Crippen molar-refractivity contribution in [2.45, 2.75) is 85.1 Å². The number of fused-ring (bicyclic) bond motifs is 1. The van der Waals surface area contributed by atoms with E-state index >= 15 is 0 Å². The molecule has 2 aliphatic heterocycles. The van der Waals surface area contributed by atoms with Gasteiger partial charge in [-0.1, -0.05) is 95.5 Å². The first-order valence-electron chi connectivity index (χ1n) is 15.5. The van der Waals surface area contributed by atoms with E-state index in [4.69, 9.17) is 49.0 Å². The highest BCUT2D eigenvalue weighted by Gasteiger charge is 2.58. The van der Waals surface area contributed by atoms with Crippen LogP contribution < -0.4 is 10.6 Å². The van der Waals surface area contributed by atoms with Crippen molar-refractivity contribution in [3.8, 4) is 0 Å². The SMILES string of the molecule is CC(C)(C)OC(=O)NC(CCCC(=O)N[C@@H]1C(=O)N2C(C(=O)OCC(Cl)(Cl)Cl)C(O)CS[C@H]12)C(=O)OC(c1ccccc1)c1ccccc1. The van der Waals surface area contributed by atoms with E-state index in [0.717, 1.165) is 16.0 Å². The second-order valence-electron chi connectivity index (χ2n) is 12.5. The van der Waals surface area contributed by atoms with Gasteiger partial charge in [-0.2, -0.15) is 0 Å². The minimum absolute atomic E-state index is 0.0218. The van der Waals surface area contributed by atoms with Gasteiger partial charge in [-0.05, 0) is 44.7 Å². The largest absolute Gasteiger partial charge is 0.460 e. The number of aliphatic hydroxyl groups excluding tert-OH is 1. The lowest BCUT2D eigenvalue weighted by atomic mass is 9.99. The second-order valence-corrected chi connectivity index (χ2v) is 16.1. The number of amides is 3. The van der Waals surface area contributed by atoms with E-state index in [1.807, 2.05) is 60.7 Å². The number of rotatable bonds is 12. The summed E-state index contributed by atoms with van der Waals surface area (Å²) in [6.07, 6.45) is -2.75. The van der Waals surface area contributed by atoms with E-state index in [0.29, 0.717) is 0 Å². The fraction of sp³-hybridized carbons (Fsp3) is 0.485. The normalized spacial score (nSPS) is 21.1. The van der Waals surface area contributed by atoms with E-state index in [9.17, 15) is 29.1 Å². The van der Waals surface area contributed by atoms with Crippen LogP contribution in [0, 0.1) is 0 Å². The first kappa shape index (κ1) is 38.6. The van der Waals surface area contributed by atoms with Gasteiger partial charge < -0.3 is 34.9 Å². The number of β-lactam (4-membered cyclic amide) rings is 1. The number of alkyl carbamates (subject to hydrolysis) is 1. The average molecular weight is 759 g/mol. The molecule has 0 aromatic heterocycles. The molecule has 2 fully saturated rings. The first-order chi connectivity index (χ1) is 23.0. The highest BCUT2D eigenvalue weighted by Crippen LogP contribution is 2.39. The van der Waals surface area contributed by atoms with Gasteiger partial charge in [0.15, 0.2) is 12.1 Å². The predicted molar refractivity (Wildman–Crippen MR) is 184 cm³/mol. The number of benzene rings is 2. The van der Waals surface area contributed by atoms with Crippen LogP contribution in [0.2, 0.25) is 0 Å². The van der Waals surface area contributed by atoms with Crippen molar-refractivity contribution >= 4 is 76.4 Å². The molecule has 2 aromatic rings. The molecule has 12 nitrogen and oxygen atoms in total. The third-order valence-corrected chi connectivity index (χ3v) is 9.13. The summed E-state index contributed by atoms with van der Waals surface area (Å²) in [5.41, 5.74) is 0.625. The van der Waals surface area contributed by atoms with E-state index in [1.54, 1.807) is 20.8 Å². The number of carbonyl (C=O) groups is 5. The molecular weight excluding hydrogens is 721 g/mol. The molecule has 0 radical (unpaired) electrons. The van der Waals surface area contributed by atoms with Crippen molar-refractivity contribution in [2.24, 2.45) is 0 Å². The Hall–Kier alpha value is -3.23. The van der Waals surface area contributed by atoms with Crippen LogP contribution in [-0.4, -0.2) is 91.2 Å². The van der Waals surface area contributed by atoms with E-state index in [1.165, 1.54) is 11.8 Å². The van der Waals surface area contributed by atoms with E-state index in [2.05, 4.69) is 10.6 Å². The maximum absolute atomic E-state index is 13.6. The monoisotopic (exact) mass is 757 g/mol. The van der Waals surface area contributed by atoms with Crippen LogP contribution in [0.25, 0.3) is 0 Å². The zero-order valence-corrected chi connectivity index (χ0v) is 30.1. The average Bonchev–Trinajstić information content (AvgIpc) is 3.04. The molecule has 2 saturated heterocycles. The smallest absolute Gasteiger partial charge is 0.408 e. The number of thioether (sulfide) groups is 1. The third-order valence-electron chi connectivity index (χ3n) is 7.43. The molecule has 4 rings (SSSR count). The van der Waals surface area contributed by atoms with Gasteiger partial charge in [-0.3, -0.25) is 9.59 Å². The molecule has 5 atom stereocenters. The standard InChI is InChI=1S/C33H38Cl3N3O9S/c1-32(2,3)48-31(45)37-21(29(43)47-26(19-11-6-4-7-12-19)20-13-8-5-9-14-20)15-10-16-23(41)38-24-27(42)39-25(22(40)17-49-28(24)39)30(44)46-18-33(34,35)36/h4-9,11-14,21-22,24-26,28,40H,10,15-18H2,1-3H3,(H,37,45)(H,38,41)/t21?,22?,24-,25?,28-/m1/s1. The van der Waals surface area contributed by atoms with Gasteiger partial charge in [0, 0.05) is 12.2 Å². The minimum atomic E-state index is -1.87. The molecule has 3 N–H and O–H groups in total. The van der Waals surface area contributed by atoms with Crippen LogP contribution in [0.3, 0.4) is 0 Å². The summed E-state index contributed by atoms with van der Waals surface area (Å²) in [4.78, 5) is 66.1. The summed E-state index contributed by atoms with van der Waals surface area (Å²) in [7, 11) is 0. The predicted octanol–water partition coefficient (Wildman–Crippen LogP) is 4.43. The molecular formula is C33H38Cl3N3O9S. The Bertz CT molecular complexity index is 1450. The number of halogens is 3. The molecule has 2 heterocycles. The lowest BCUT2D eigenvalue weighted by molar-refractivity contribution is -0.171. The number of carbonyl (C=O) groups excluding carboxylic acids is 5. The van der Waals surface area contributed by atoms with Crippen molar-refractivity contribution in [3.05, 3.63) is 71.8 Å². The van der Waals surface area contributed by atoms with Crippen molar-refractivity contribution in [2.75, 3.05) is 12.4 Å². The molecule has 3 amide bonds. The van der Waals surface area contributed by atoms with Crippen LogP contribution in [0.4, 0.5) is 4.79 Å². The summed E-state index contributed by atoms with van der Waals surface area (Å²) in [6.45, 7) is 4.49. The Kier molecular flexibility index (Phi) is 13.1. The summed E-state index contributed by atoms with van der Waals surface area (Å²) >= 11 is 18.1. The lowest BCUT2D eigenvalue weighted by Gasteiger charge is -2.53. The summed E-state index contributed by atoms with van der Waals surface area (Å²) in [5.74, 6) is -2.63. The Morgan fingerprint density at radius 2 is 1.59 bits per heavy atom. The van der Waals surface area contributed by atoms with Gasteiger partial charge in [-0.15, -0.1) is 11.8 Å². The van der Waals surface area contributed by atoms with Crippen molar-refractivity contribution in [1.29, 1.82) is 0 Å². The summed E-state index contributed by atoms with van der Waals surface area (Å²) < 4.78 is 14.5. The van der Waals surface area contributed by atoms with Crippen LogP contribution in [-0.2, 0) is 33.4 Å². The zero-order valence-electron chi connectivity index (χ0n) is 27.0. The molecule has 3 unspecified atom stereocenters. The molecule has 16 heteroatoms. The summed E-state index contributed by atoms with van der Waals surface area (Å²) in [5, 5.41) is 15.0. The molecule has 0 spiro atoms. The number of esters is 2. The molecule has 266 valence electrons. The first-order valence-corrected chi connectivity index (χ1v) is 17.7. The number of nitrogens with one attached hydrogen (secondary N) is 2. The Morgan fingerprint density at radius 3 is 2.14 bits per heavy atom. The molecule has 0 bridgehead atoms. The van der Waals surface area contributed by atoms with Gasteiger partial charge in [-0.25, -0.2) is 14.4 Å². The quantitative estimate of drug-likeness (QED) is 0.122. The Balaban J connectivity index is 1.38. The van der Waals surface area contributed by atoms with Gasteiger partial charge in [0.2, 0.25) is 15.6 Å². The number of aliphatic hydroxyl groups is 1.